The fraction of sp³-hybridized carbons (Fsp3) is 0.913. The van der Waals surface area contributed by atoms with Gasteiger partial charge in [0, 0.05) is 25.4 Å². The number of unbranched alkanes of at least 4 members (excludes halogenated alkanes) is 11. The van der Waals surface area contributed by atoms with E-state index in [2.05, 4.69) is 0 Å². The number of aliphatic carboxylic acids is 1. The lowest BCUT2D eigenvalue weighted by Gasteiger charge is -2.21. The van der Waals surface area contributed by atoms with Crippen LogP contribution in [-0.2, 0) is 9.59 Å². The zero-order valence-corrected chi connectivity index (χ0v) is 17.6. The second-order valence-corrected chi connectivity index (χ2v) is 8.55. The van der Waals surface area contributed by atoms with Crippen LogP contribution in [-0.4, -0.2) is 39.8 Å². The van der Waals surface area contributed by atoms with Crippen molar-refractivity contribution in [3.63, 3.8) is 0 Å². The number of ketones is 1. The molecule has 0 saturated heterocycles. The highest BCUT2D eigenvalue weighted by Crippen LogP contribution is 2.36. The summed E-state index contributed by atoms with van der Waals surface area (Å²) in [5, 5.41) is 27.7. The molecule has 0 spiro atoms. The summed E-state index contributed by atoms with van der Waals surface area (Å²) < 4.78 is 0. The summed E-state index contributed by atoms with van der Waals surface area (Å²) in [4.78, 5) is 22.8. The number of carboxylic acid groups (broad SMARTS) is 1. The van der Waals surface area contributed by atoms with E-state index in [-0.39, 0.29) is 24.0 Å². The largest absolute Gasteiger partial charge is 0.481 e. The van der Waals surface area contributed by atoms with Gasteiger partial charge in [-0.1, -0.05) is 70.6 Å². The molecule has 1 saturated carbocycles. The Morgan fingerprint density at radius 3 is 1.86 bits per heavy atom. The Bertz CT molecular complexity index is 423. The van der Waals surface area contributed by atoms with Gasteiger partial charge in [-0.05, 0) is 31.6 Å². The van der Waals surface area contributed by atoms with Gasteiger partial charge in [-0.3, -0.25) is 9.59 Å². The van der Waals surface area contributed by atoms with Crippen molar-refractivity contribution in [2.24, 2.45) is 11.8 Å². The first kappa shape index (κ1) is 25.1. The summed E-state index contributed by atoms with van der Waals surface area (Å²) in [6.45, 7) is 0.307. The quantitative estimate of drug-likeness (QED) is 0.286. The molecule has 0 radical (unpaired) electrons. The van der Waals surface area contributed by atoms with Crippen molar-refractivity contribution in [2.45, 2.75) is 115 Å². The highest BCUT2D eigenvalue weighted by molar-refractivity contribution is 5.84. The number of carbonyl (C=O) groups is 2. The molecule has 0 aromatic rings. The van der Waals surface area contributed by atoms with E-state index in [0.717, 1.165) is 51.4 Å². The number of hydrogen-bond acceptors (Lipinski definition) is 4. The van der Waals surface area contributed by atoms with E-state index in [4.69, 9.17) is 10.2 Å². The van der Waals surface area contributed by atoms with E-state index in [0.29, 0.717) is 19.4 Å². The van der Waals surface area contributed by atoms with Gasteiger partial charge in [-0.15, -0.1) is 0 Å². The van der Waals surface area contributed by atoms with E-state index in [1.165, 1.54) is 38.5 Å². The van der Waals surface area contributed by atoms with E-state index < -0.39 is 12.1 Å². The molecule has 1 aliphatic carbocycles. The maximum Gasteiger partial charge on any atom is 0.303 e. The Hall–Kier alpha value is -0.940. The van der Waals surface area contributed by atoms with Crippen LogP contribution in [0, 0.1) is 11.8 Å². The third-order valence-corrected chi connectivity index (χ3v) is 6.19. The summed E-state index contributed by atoms with van der Waals surface area (Å²) in [5.74, 6) is -0.368. The van der Waals surface area contributed by atoms with Crippen molar-refractivity contribution in [1.29, 1.82) is 0 Å². The molecule has 1 fully saturated rings. The maximum atomic E-state index is 12.2. The number of hydrogen-bond donors (Lipinski definition) is 3. The Labute approximate surface area is 170 Å². The van der Waals surface area contributed by atoms with Gasteiger partial charge >= 0.3 is 5.97 Å². The van der Waals surface area contributed by atoms with E-state index in [9.17, 15) is 14.7 Å². The Balaban J connectivity index is 2.11. The molecule has 0 aromatic carbocycles. The molecule has 5 nitrogen and oxygen atoms in total. The van der Waals surface area contributed by atoms with Crippen molar-refractivity contribution in [2.75, 3.05) is 6.61 Å². The number of aliphatic hydroxyl groups excluding tert-OH is 2. The van der Waals surface area contributed by atoms with Gasteiger partial charge in [0.25, 0.3) is 0 Å². The summed E-state index contributed by atoms with van der Waals surface area (Å²) in [5.41, 5.74) is 0. The number of carboxylic acids is 1. The lowest BCUT2D eigenvalue weighted by atomic mass is 9.85. The van der Waals surface area contributed by atoms with Crippen LogP contribution in [0.4, 0.5) is 0 Å². The smallest absolute Gasteiger partial charge is 0.303 e. The van der Waals surface area contributed by atoms with Crippen molar-refractivity contribution >= 4 is 11.8 Å². The molecule has 0 amide bonds. The van der Waals surface area contributed by atoms with Gasteiger partial charge in [0.1, 0.15) is 5.78 Å². The molecule has 0 heterocycles. The van der Waals surface area contributed by atoms with E-state index >= 15 is 0 Å². The average Bonchev–Trinajstić information content (AvgIpc) is 2.92. The second kappa shape index (κ2) is 15.9. The lowest BCUT2D eigenvalue weighted by Crippen LogP contribution is -2.20. The van der Waals surface area contributed by atoms with Crippen molar-refractivity contribution in [3.8, 4) is 0 Å². The molecule has 0 bridgehead atoms. The van der Waals surface area contributed by atoms with Crippen LogP contribution < -0.4 is 0 Å². The minimum Gasteiger partial charge on any atom is -0.481 e. The maximum absolute atomic E-state index is 12.2. The zero-order valence-electron chi connectivity index (χ0n) is 17.6. The Morgan fingerprint density at radius 1 is 0.786 bits per heavy atom. The van der Waals surface area contributed by atoms with Gasteiger partial charge < -0.3 is 15.3 Å². The SMILES string of the molecule is O=C(O)CCCCCC[C@H]1C(=O)C[C@@H](O)[C@@H]1CCCCCCCCCCCO. The molecule has 1 aliphatic rings. The van der Waals surface area contributed by atoms with Gasteiger partial charge in [0.05, 0.1) is 6.10 Å². The average molecular weight is 399 g/mol. The molecule has 3 atom stereocenters. The van der Waals surface area contributed by atoms with E-state index in [1.54, 1.807) is 0 Å². The van der Waals surface area contributed by atoms with Crippen LogP contribution in [0.2, 0.25) is 0 Å². The standard InChI is InChI=1S/C23H42O5/c24-17-13-9-5-3-1-2-4-6-10-14-19-20(22(26)18-21(19)25)15-11-7-8-12-16-23(27)28/h19-21,24-25H,1-18H2,(H,27,28)/t19-,20-,21-/m1/s1. The van der Waals surface area contributed by atoms with E-state index in [1.807, 2.05) is 0 Å². The van der Waals surface area contributed by atoms with Gasteiger partial charge in [0.2, 0.25) is 0 Å². The molecule has 28 heavy (non-hydrogen) atoms. The third-order valence-electron chi connectivity index (χ3n) is 6.19. The molecule has 164 valence electrons. The number of Topliss-reactive ketones (excluding diaryl/α,β-unsaturated/α-hetero) is 1. The molecule has 1 rings (SSSR count). The number of rotatable bonds is 18. The topological polar surface area (TPSA) is 94.8 Å². The molecule has 0 aromatic heterocycles. The summed E-state index contributed by atoms with van der Waals surface area (Å²) >= 11 is 0. The predicted molar refractivity (Wildman–Crippen MR) is 111 cm³/mol. The Kier molecular flexibility index (Phi) is 14.3. The fourth-order valence-electron chi connectivity index (χ4n) is 4.51. The monoisotopic (exact) mass is 398 g/mol. The minimum absolute atomic E-state index is 0.0148. The van der Waals surface area contributed by atoms with Crippen molar-refractivity contribution < 1.29 is 24.9 Å². The molecular formula is C23H42O5. The predicted octanol–water partition coefficient (Wildman–Crippen LogP) is 4.87. The molecule has 5 heteroatoms. The first-order valence-electron chi connectivity index (χ1n) is 11.6. The van der Waals surface area contributed by atoms with Crippen molar-refractivity contribution in [3.05, 3.63) is 0 Å². The summed E-state index contributed by atoms with van der Waals surface area (Å²) in [6, 6.07) is 0. The van der Waals surface area contributed by atoms with Gasteiger partial charge in [-0.25, -0.2) is 0 Å². The normalized spacial score (nSPS) is 22.1. The fourth-order valence-corrected chi connectivity index (χ4v) is 4.51. The molecular weight excluding hydrogens is 356 g/mol. The first-order chi connectivity index (χ1) is 13.6. The van der Waals surface area contributed by atoms with Crippen LogP contribution in [0.5, 0.6) is 0 Å². The third kappa shape index (κ3) is 11.2. The summed E-state index contributed by atoms with van der Waals surface area (Å²) in [7, 11) is 0. The minimum atomic E-state index is -0.740. The molecule has 3 N–H and O–H groups in total. The van der Waals surface area contributed by atoms with Crippen LogP contribution in [0.25, 0.3) is 0 Å². The van der Waals surface area contributed by atoms with Crippen LogP contribution in [0.15, 0.2) is 0 Å². The highest BCUT2D eigenvalue weighted by Gasteiger charge is 2.40. The van der Waals surface area contributed by atoms with Gasteiger partial charge in [-0.2, -0.15) is 0 Å². The van der Waals surface area contributed by atoms with Crippen LogP contribution in [0.3, 0.4) is 0 Å². The first-order valence-corrected chi connectivity index (χ1v) is 11.6. The lowest BCUT2D eigenvalue weighted by molar-refractivity contribution is -0.137. The second-order valence-electron chi connectivity index (χ2n) is 8.55. The summed E-state index contributed by atoms with van der Waals surface area (Å²) in [6.07, 6.45) is 16.0. The van der Waals surface area contributed by atoms with Crippen molar-refractivity contribution in [1.82, 2.24) is 0 Å². The zero-order chi connectivity index (χ0) is 20.6. The van der Waals surface area contributed by atoms with Gasteiger partial charge in [0.15, 0.2) is 0 Å². The van der Waals surface area contributed by atoms with Crippen LogP contribution >= 0.6 is 0 Å². The molecule has 0 aliphatic heterocycles. The Morgan fingerprint density at radius 2 is 1.29 bits per heavy atom. The molecule has 0 unspecified atom stereocenters. The van der Waals surface area contributed by atoms with Crippen LogP contribution in [0.1, 0.15) is 109 Å². The number of aliphatic hydroxyl groups is 2. The number of carbonyl (C=O) groups excluding carboxylic acids is 1. The highest BCUT2D eigenvalue weighted by atomic mass is 16.4.